The molecule has 0 amide bonds. The summed E-state index contributed by atoms with van der Waals surface area (Å²) in [6, 6.07) is 6.47. The molecular formula is C14H24N2. The lowest BCUT2D eigenvalue weighted by Crippen LogP contribution is -2.20. The van der Waals surface area contributed by atoms with E-state index in [9.17, 15) is 0 Å². The quantitative estimate of drug-likeness (QED) is 0.561. The summed E-state index contributed by atoms with van der Waals surface area (Å²) >= 11 is 0. The van der Waals surface area contributed by atoms with Crippen LogP contribution in [-0.4, -0.2) is 0 Å². The number of nitrogens with two attached hydrogens (primary N) is 1. The summed E-state index contributed by atoms with van der Waals surface area (Å²) in [6.45, 7) is 13.3. The second-order valence-electron chi connectivity index (χ2n) is 6.40. The van der Waals surface area contributed by atoms with Gasteiger partial charge in [0.1, 0.15) is 0 Å². The van der Waals surface area contributed by atoms with Gasteiger partial charge in [0, 0.05) is 0 Å². The molecule has 0 bridgehead atoms. The zero-order chi connectivity index (χ0) is 12.6. The van der Waals surface area contributed by atoms with Gasteiger partial charge in [-0.15, -0.1) is 0 Å². The molecule has 0 aliphatic heterocycles. The summed E-state index contributed by atoms with van der Waals surface area (Å²) in [5.74, 6) is 5.56. The van der Waals surface area contributed by atoms with Crippen LogP contribution in [0.25, 0.3) is 0 Å². The number of hydrogen-bond acceptors (Lipinski definition) is 2. The molecule has 1 aromatic carbocycles. The van der Waals surface area contributed by atoms with Crippen LogP contribution >= 0.6 is 0 Å². The van der Waals surface area contributed by atoms with Crippen LogP contribution in [-0.2, 0) is 10.8 Å². The lowest BCUT2D eigenvalue weighted by atomic mass is 9.80. The molecule has 0 saturated carbocycles. The van der Waals surface area contributed by atoms with Gasteiger partial charge in [0.05, 0.1) is 5.69 Å². The van der Waals surface area contributed by atoms with Gasteiger partial charge in [0.2, 0.25) is 0 Å². The molecule has 0 atom stereocenters. The highest BCUT2D eigenvalue weighted by Gasteiger charge is 2.21. The number of hydrazine groups is 1. The van der Waals surface area contributed by atoms with E-state index in [4.69, 9.17) is 5.84 Å². The first-order chi connectivity index (χ1) is 7.16. The Kier molecular flexibility index (Phi) is 3.34. The van der Waals surface area contributed by atoms with E-state index in [-0.39, 0.29) is 10.8 Å². The van der Waals surface area contributed by atoms with Crippen molar-refractivity contribution < 1.29 is 0 Å². The normalized spacial score (nSPS) is 12.7. The fourth-order valence-electron chi connectivity index (χ4n) is 1.76. The highest BCUT2D eigenvalue weighted by molar-refractivity contribution is 5.55. The second kappa shape index (κ2) is 4.10. The van der Waals surface area contributed by atoms with Gasteiger partial charge in [0.25, 0.3) is 0 Å². The zero-order valence-corrected chi connectivity index (χ0v) is 11.3. The molecule has 0 saturated heterocycles. The van der Waals surface area contributed by atoms with Crippen molar-refractivity contribution in [1.29, 1.82) is 0 Å². The van der Waals surface area contributed by atoms with E-state index >= 15 is 0 Å². The fraction of sp³-hybridized carbons (Fsp3) is 0.571. The van der Waals surface area contributed by atoms with E-state index in [1.807, 2.05) is 0 Å². The first kappa shape index (κ1) is 13.0. The van der Waals surface area contributed by atoms with Crippen molar-refractivity contribution in [3.63, 3.8) is 0 Å². The van der Waals surface area contributed by atoms with Crippen LogP contribution in [0.2, 0.25) is 0 Å². The molecule has 0 heterocycles. The van der Waals surface area contributed by atoms with E-state index in [0.29, 0.717) is 0 Å². The Morgan fingerprint density at radius 3 is 1.88 bits per heavy atom. The zero-order valence-electron chi connectivity index (χ0n) is 11.3. The first-order valence-electron chi connectivity index (χ1n) is 5.78. The van der Waals surface area contributed by atoms with Gasteiger partial charge in [-0.2, -0.15) is 0 Å². The molecule has 16 heavy (non-hydrogen) atoms. The lowest BCUT2D eigenvalue weighted by Gasteiger charge is -2.27. The summed E-state index contributed by atoms with van der Waals surface area (Å²) in [4.78, 5) is 0. The molecular weight excluding hydrogens is 196 g/mol. The Hall–Kier alpha value is -1.02. The third-order valence-electron chi connectivity index (χ3n) is 2.85. The van der Waals surface area contributed by atoms with Crippen molar-refractivity contribution >= 4 is 5.69 Å². The average Bonchev–Trinajstić information content (AvgIpc) is 2.14. The van der Waals surface area contributed by atoms with Crippen molar-refractivity contribution in [1.82, 2.24) is 0 Å². The molecule has 0 aliphatic carbocycles. The van der Waals surface area contributed by atoms with Crippen molar-refractivity contribution in [2.45, 2.75) is 52.4 Å². The summed E-state index contributed by atoms with van der Waals surface area (Å²) in [5, 5.41) is 0. The molecule has 0 spiro atoms. The third-order valence-corrected chi connectivity index (χ3v) is 2.85. The van der Waals surface area contributed by atoms with Gasteiger partial charge in [-0.3, -0.25) is 5.84 Å². The predicted octanol–water partition coefficient (Wildman–Crippen LogP) is 3.57. The van der Waals surface area contributed by atoms with Crippen LogP contribution in [0, 0.1) is 0 Å². The number of anilines is 1. The summed E-state index contributed by atoms with van der Waals surface area (Å²) in [7, 11) is 0. The van der Waals surface area contributed by atoms with Gasteiger partial charge in [0.15, 0.2) is 0 Å². The minimum atomic E-state index is 0.100. The Morgan fingerprint density at radius 1 is 0.938 bits per heavy atom. The van der Waals surface area contributed by atoms with Crippen molar-refractivity contribution in [2.75, 3.05) is 5.43 Å². The van der Waals surface area contributed by atoms with Crippen molar-refractivity contribution in [2.24, 2.45) is 5.84 Å². The largest absolute Gasteiger partial charge is 0.324 e. The molecule has 2 nitrogen and oxygen atoms in total. The van der Waals surface area contributed by atoms with E-state index < -0.39 is 0 Å². The molecule has 1 rings (SSSR count). The van der Waals surface area contributed by atoms with Crippen LogP contribution in [0.5, 0.6) is 0 Å². The molecule has 90 valence electrons. The van der Waals surface area contributed by atoms with Crippen LogP contribution in [0.1, 0.15) is 52.7 Å². The summed E-state index contributed by atoms with van der Waals surface area (Å²) in [5.41, 5.74) is 6.68. The molecule has 2 heteroatoms. The Balaban J connectivity index is 3.34. The Labute approximate surface area is 99.2 Å². The predicted molar refractivity (Wildman–Crippen MR) is 71.7 cm³/mol. The summed E-state index contributed by atoms with van der Waals surface area (Å²) in [6.07, 6.45) is 0. The highest BCUT2D eigenvalue weighted by Crippen LogP contribution is 2.33. The second-order valence-corrected chi connectivity index (χ2v) is 6.40. The van der Waals surface area contributed by atoms with E-state index in [2.05, 4.69) is 65.2 Å². The smallest absolute Gasteiger partial charge is 0.0522 e. The van der Waals surface area contributed by atoms with E-state index in [0.717, 1.165) is 5.69 Å². The monoisotopic (exact) mass is 220 g/mol. The average molecular weight is 220 g/mol. The van der Waals surface area contributed by atoms with E-state index in [1.54, 1.807) is 0 Å². The number of nitrogen functional groups attached to an aromatic ring is 1. The molecule has 1 aromatic rings. The minimum Gasteiger partial charge on any atom is -0.324 e. The van der Waals surface area contributed by atoms with Crippen LogP contribution in [0.15, 0.2) is 18.2 Å². The van der Waals surface area contributed by atoms with Crippen molar-refractivity contribution in [3.8, 4) is 0 Å². The number of nitrogens with one attached hydrogen (secondary N) is 1. The number of hydrogen-bond donors (Lipinski definition) is 2. The van der Waals surface area contributed by atoms with Gasteiger partial charge in [-0.25, -0.2) is 0 Å². The maximum atomic E-state index is 5.56. The molecule has 0 aliphatic rings. The Morgan fingerprint density at radius 2 is 1.50 bits per heavy atom. The highest BCUT2D eigenvalue weighted by atomic mass is 15.2. The maximum Gasteiger partial charge on any atom is 0.0522 e. The summed E-state index contributed by atoms with van der Waals surface area (Å²) < 4.78 is 0. The van der Waals surface area contributed by atoms with Crippen LogP contribution in [0.3, 0.4) is 0 Å². The maximum absolute atomic E-state index is 5.56. The van der Waals surface area contributed by atoms with Gasteiger partial charge >= 0.3 is 0 Å². The van der Waals surface area contributed by atoms with Crippen molar-refractivity contribution in [3.05, 3.63) is 29.3 Å². The van der Waals surface area contributed by atoms with Gasteiger partial charge < -0.3 is 5.43 Å². The molecule has 0 fully saturated rings. The van der Waals surface area contributed by atoms with Crippen LogP contribution < -0.4 is 11.3 Å². The van der Waals surface area contributed by atoms with Gasteiger partial charge in [-0.05, 0) is 28.0 Å². The molecule has 3 N–H and O–H groups in total. The number of rotatable bonds is 1. The Bertz CT molecular complexity index is 367. The SMILES string of the molecule is CC(C)(C)c1ccc(NN)c(C(C)(C)C)c1. The van der Waals surface area contributed by atoms with E-state index in [1.165, 1.54) is 11.1 Å². The standard InChI is InChI=1S/C14H24N2/c1-13(2,3)10-7-8-12(16-15)11(9-10)14(4,5)6/h7-9,16H,15H2,1-6H3. The third kappa shape index (κ3) is 2.76. The molecule has 0 aromatic heterocycles. The fourth-order valence-corrected chi connectivity index (χ4v) is 1.76. The van der Waals surface area contributed by atoms with Crippen LogP contribution in [0.4, 0.5) is 5.69 Å². The molecule has 0 radical (unpaired) electrons. The first-order valence-corrected chi connectivity index (χ1v) is 5.78. The number of benzene rings is 1. The minimum absolute atomic E-state index is 0.100. The molecule has 0 unspecified atom stereocenters. The van der Waals surface area contributed by atoms with Gasteiger partial charge in [-0.1, -0.05) is 53.7 Å². The lowest BCUT2D eigenvalue weighted by molar-refractivity contribution is 0.569. The topological polar surface area (TPSA) is 38.0 Å².